The maximum atomic E-state index is 12.9. The largest absolute Gasteiger partial charge is 0.477 e. The number of fused-ring (bicyclic) bond motifs is 3. The molecule has 3 aromatic carbocycles. The second-order valence-electron chi connectivity index (χ2n) is 23.2. The van der Waals surface area contributed by atoms with Crippen molar-refractivity contribution in [3.05, 3.63) is 161 Å². The van der Waals surface area contributed by atoms with Gasteiger partial charge in [-0.1, -0.05) is 93.1 Å². The second kappa shape index (κ2) is 29.6. The maximum Gasteiger partial charge on any atom is 0.263 e. The Balaban J connectivity index is 0.000000146. The van der Waals surface area contributed by atoms with Gasteiger partial charge in [-0.3, -0.25) is 24.0 Å². The monoisotopic (exact) mass is 1200 g/mol. The minimum atomic E-state index is -0.671. The molecule has 22 nitrogen and oxygen atoms in total. The Hall–Kier alpha value is -9.04. The highest BCUT2D eigenvalue weighted by Gasteiger charge is 2.37. The van der Waals surface area contributed by atoms with Crippen molar-refractivity contribution in [3.8, 4) is 23.3 Å². The van der Waals surface area contributed by atoms with Crippen molar-refractivity contribution in [2.24, 2.45) is 0 Å². The molecule has 0 saturated heterocycles. The van der Waals surface area contributed by atoms with E-state index in [9.17, 15) is 39.3 Å². The number of nitriles is 1. The number of hydrogen-bond acceptors (Lipinski definition) is 17. The summed E-state index contributed by atoms with van der Waals surface area (Å²) in [6.07, 6.45) is 12.1. The van der Waals surface area contributed by atoms with Gasteiger partial charge in [-0.25, -0.2) is 9.97 Å². The fourth-order valence-corrected chi connectivity index (χ4v) is 12.0. The third kappa shape index (κ3) is 16.3. The number of H-pyrrole nitrogens is 1. The van der Waals surface area contributed by atoms with Crippen LogP contribution >= 0.6 is 0 Å². The topological polar surface area (TPSA) is 297 Å². The number of aliphatic hydroxyl groups excluding tert-OH is 3. The minimum Gasteiger partial charge on any atom is -0.477 e. The van der Waals surface area contributed by atoms with E-state index in [0.717, 1.165) is 104 Å². The zero-order valence-electron chi connectivity index (χ0n) is 49.3. The van der Waals surface area contributed by atoms with Crippen LogP contribution in [0.5, 0.6) is 17.2 Å². The molecule has 6 aromatic rings. The van der Waals surface area contributed by atoms with Crippen LogP contribution in [0.4, 0.5) is 22.9 Å². The Labute approximate surface area is 511 Å². The van der Waals surface area contributed by atoms with Crippen molar-refractivity contribution in [1.29, 1.82) is 5.26 Å². The van der Waals surface area contributed by atoms with Gasteiger partial charge in [-0.2, -0.15) is 5.26 Å². The number of benzene rings is 3. The van der Waals surface area contributed by atoms with Crippen molar-refractivity contribution in [1.82, 2.24) is 30.9 Å². The van der Waals surface area contributed by atoms with Gasteiger partial charge in [0.1, 0.15) is 34.8 Å². The standard InChI is InChI=1S/C23H28N4O4.C22H24N4O3.C21H25N3O4/c1-15(28)25-22-11-10-16(12-24-22)13-27-14-21(31-20-9-5-3-7-18(20)27)23(30)26-17-6-2-4-8-19(17)29;23-11-16-10-9-15(12-24-16)13-26-14-21(29-20-8-4-2-6-18(20)26)22(28)25-17-5-1-3-7-19(17)27;25-17-7-3-1-5-15(17)23-21(27)19-13-24(12-14-9-10-20(26)22-11-14)16-6-2-4-8-18(16)28-19/h3,5,7,9-12,17,19,21,29H,2,4,6,8,13-14H2,1H3,(H,26,30)(H,24,25,28);2,4,6,8-10,12,17,19,21,27H,1,3,5,7,13-14H2,(H,25,28);2,4,6,8-11,15,17,19,25H,1,3,5,7,12-13H2,(H,22,26)(H,23,27)/t2*17-,19-,21?;15-,17-,19?/m000/s1. The summed E-state index contributed by atoms with van der Waals surface area (Å²) in [6.45, 7) is 4.26. The number of ether oxygens (including phenoxy) is 3. The van der Waals surface area contributed by atoms with Crippen molar-refractivity contribution >= 4 is 46.5 Å². The molecule has 3 fully saturated rings. The van der Waals surface area contributed by atoms with Crippen LogP contribution in [0.3, 0.4) is 0 Å². The van der Waals surface area contributed by atoms with Crippen molar-refractivity contribution in [2.75, 3.05) is 39.7 Å². The molecule has 8 N–H and O–H groups in total. The molecule has 88 heavy (non-hydrogen) atoms. The van der Waals surface area contributed by atoms with Gasteiger partial charge in [0.05, 0.1) is 73.1 Å². The highest BCUT2D eigenvalue weighted by atomic mass is 16.5. The molecular weight excluding hydrogens is 1120 g/mol. The number of nitrogens with zero attached hydrogens (tertiary/aromatic N) is 6. The highest BCUT2D eigenvalue weighted by Crippen LogP contribution is 2.37. The third-order valence-corrected chi connectivity index (χ3v) is 16.7. The van der Waals surface area contributed by atoms with Crippen molar-refractivity contribution in [2.45, 2.75) is 158 Å². The summed E-state index contributed by atoms with van der Waals surface area (Å²) < 4.78 is 17.9. The van der Waals surface area contributed by atoms with Gasteiger partial charge in [-0.05, 0) is 104 Å². The lowest BCUT2D eigenvalue weighted by molar-refractivity contribution is -0.130. The molecule has 3 saturated carbocycles. The zero-order chi connectivity index (χ0) is 61.5. The van der Waals surface area contributed by atoms with E-state index in [1.165, 1.54) is 13.0 Å². The van der Waals surface area contributed by atoms with Crippen LogP contribution < -0.4 is 55.7 Å². The number of pyridine rings is 3. The van der Waals surface area contributed by atoms with E-state index in [2.05, 4.69) is 50.9 Å². The van der Waals surface area contributed by atoms with E-state index in [4.69, 9.17) is 19.5 Å². The van der Waals surface area contributed by atoms with E-state index in [1.807, 2.05) is 91.0 Å². The van der Waals surface area contributed by atoms with Gasteiger partial charge < -0.3 is 70.5 Å². The van der Waals surface area contributed by atoms with E-state index >= 15 is 0 Å². The molecule has 3 unspecified atom stereocenters. The van der Waals surface area contributed by atoms with Gasteiger partial charge in [-0.15, -0.1) is 0 Å². The Kier molecular flexibility index (Phi) is 20.8. The molecule has 22 heteroatoms. The number of carbonyl (C=O) groups excluding carboxylic acids is 4. The molecule has 0 spiro atoms. The summed E-state index contributed by atoms with van der Waals surface area (Å²) in [6, 6.07) is 34.8. The first-order chi connectivity index (χ1) is 42.7. The molecule has 6 aliphatic rings. The summed E-state index contributed by atoms with van der Waals surface area (Å²) >= 11 is 0. The van der Waals surface area contributed by atoms with Crippen LogP contribution in [0, 0.1) is 11.3 Å². The molecular formula is C66H77N11O11. The molecule has 3 aromatic heterocycles. The molecule has 0 radical (unpaired) electrons. The molecule has 6 heterocycles. The molecule has 9 atom stereocenters. The molecule has 12 rings (SSSR count). The summed E-state index contributed by atoms with van der Waals surface area (Å²) in [4.78, 5) is 78.5. The summed E-state index contributed by atoms with van der Waals surface area (Å²) in [5.74, 6) is 1.69. The normalized spacial score (nSPS) is 23.4. The summed E-state index contributed by atoms with van der Waals surface area (Å²) in [5, 5.41) is 51.0. The lowest BCUT2D eigenvalue weighted by Gasteiger charge is -2.37. The summed E-state index contributed by atoms with van der Waals surface area (Å²) in [7, 11) is 0. The average Bonchev–Trinajstić information content (AvgIpc) is 1.65. The number of amides is 4. The molecule has 462 valence electrons. The lowest BCUT2D eigenvalue weighted by Crippen LogP contribution is -2.54. The maximum absolute atomic E-state index is 12.9. The van der Waals surface area contributed by atoms with Crippen LogP contribution in [0.25, 0.3) is 0 Å². The Morgan fingerprint density at radius 1 is 0.534 bits per heavy atom. The number of aliphatic hydroxyl groups is 3. The van der Waals surface area contributed by atoms with Crippen molar-refractivity contribution < 1.29 is 48.7 Å². The number of aromatic nitrogens is 3. The number of anilines is 4. The van der Waals surface area contributed by atoms with Gasteiger partial charge in [0.15, 0.2) is 18.3 Å². The van der Waals surface area contributed by atoms with Crippen molar-refractivity contribution in [3.63, 3.8) is 0 Å². The third-order valence-electron chi connectivity index (χ3n) is 16.7. The molecule has 4 amide bonds. The van der Waals surface area contributed by atoms with Crippen LogP contribution in [0.15, 0.2) is 133 Å². The second-order valence-corrected chi connectivity index (χ2v) is 23.2. The van der Waals surface area contributed by atoms with E-state index < -0.39 is 36.6 Å². The number of nitrogens with one attached hydrogen (secondary N) is 5. The lowest BCUT2D eigenvalue weighted by atomic mass is 9.92. The average molecular weight is 1200 g/mol. The Morgan fingerprint density at radius 2 is 0.920 bits per heavy atom. The van der Waals surface area contributed by atoms with Gasteiger partial charge in [0.2, 0.25) is 11.5 Å². The van der Waals surface area contributed by atoms with E-state index in [1.54, 1.807) is 36.8 Å². The number of carbonyl (C=O) groups is 4. The Morgan fingerprint density at radius 3 is 1.27 bits per heavy atom. The number of rotatable bonds is 13. The predicted molar refractivity (Wildman–Crippen MR) is 329 cm³/mol. The minimum absolute atomic E-state index is 0.144. The molecule has 3 aliphatic carbocycles. The summed E-state index contributed by atoms with van der Waals surface area (Å²) in [5.41, 5.74) is 5.81. The smallest absolute Gasteiger partial charge is 0.263 e. The number of aromatic amines is 1. The van der Waals surface area contributed by atoms with Crippen LogP contribution in [0.2, 0.25) is 0 Å². The van der Waals surface area contributed by atoms with Gasteiger partial charge in [0, 0.05) is 51.2 Å². The fourth-order valence-electron chi connectivity index (χ4n) is 12.0. The first-order valence-electron chi connectivity index (χ1n) is 30.5. The predicted octanol–water partition coefficient (Wildman–Crippen LogP) is 5.93. The molecule has 0 bridgehead atoms. The van der Waals surface area contributed by atoms with Crippen LogP contribution in [-0.4, -0.2) is 128 Å². The number of hydrogen-bond donors (Lipinski definition) is 8. The zero-order valence-corrected chi connectivity index (χ0v) is 49.3. The Bertz CT molecular complexity index is 3430. The van der Waals surface area contributed by atoms with Gasteiger partial charge in [0.25, 0.3) is 17.7 Å². The van der Waals surface area contributed by atoms with Crippen LogP contribution in [0.1, 0.15) is 106 Å². The van der Waals surface area contributed by atoms with E-state index in [0.29, 0.717) is 74.4 Å². The first-order valence-corrected chi connectivity index (χ1v) is 30.5. The van der Waals surface area contributed by atoms with E-state index in [-0.39, 0.29) is 47.3 Å². The highest BCUT2D eigenvalue weighted by molar-refractivity contribution is 5.88. The van der Waals surface area contributed by atoms with Crippen LogP contribution in [-0.2, 0) is 38.8 Å². The molecule has 3 aliphatic heterocycles. The fraction of sp³-hybridized carbons (Fsp3) is 0.424. The van der Waals surface area contributed by atoms with Gasteiger partial charge >= 0.3 is 0 Å². The quantitative estimate of drug-likeness (QED) is 0.0665. The number of para-hydroxylation sites is 6. The first kappa shape index (κ1) is 62.0. The SMILES string of the molecule is CC(=O)Nc1ccc(CN2CC(C(=O)N[C@H]3CCCC[C@@H]3O)Oc3ccccc32)cn1.N#Cc1ccc(CN2CC(C(=O)N[C@H]3CCCC[C@@H]3O)Oc3ccccc32)cn1.O=C(N[C@H]1CCCC[C@@H]1O)C1CN(Cc2ccc(=O)[nH]c2)c2ccccc2O1.